The van der Waals surface area contributed by atoms with Crippen LogP contribution in [0.4, 0.5) is 0 Å². The molecule has 0 spiro atoms. The normalized spacial score (nSPS) is 15.3. The average Bonchev–Trinajstić information content (AvgIpc) is 2.72. The second kappa shape index (κ2) is 9.69. The molecular weight excluding hydrogens is 356 g/mol. The lowest BCUT2D eigenvalue weighted by atomic mass is 9.97. The molecule has 0 bridgehead atoms. The van der Waals surface area contributed by atoms with Gasteiger partial charge in [0.25, 0.3) is 5.91 Å². The van der Waals surface area contributed by atoms with Crippen LogP contribution in [0.25, 0.3) is 0 Å². The van der Waals surface area contributed by atoms with Gasteiger partial charge < -0.3 is 9.47 Å². The van der Waals surface area contributed by atoms with E-state index in [0.717, 1.165) is 35.6 Å². The summed E-state index contributed by atoms with van der Waals surface area (Å²) >= 11 is 0. The molecule has 0 saturated heterocycles. The zero-order valence-corrected chi connectivity index (χ0v) is 15.9. The molecule has 0 atom stereocenters. The highest BCUT2D eigenvalue weighted by Gasteiger charge is 2.15. The lowest BCUT2D eigenvalue weighted by Crippen LogP contribution is -2.22. The number of Topliss-reactive ketones (excluding diaryl/α,β-unsaturated/α-hetero) is 1. The Morgan fingerprint density at radius 1 is 1.00 bits per heavy atom. The molecule has 2 aromatic rings. The molecule has 146 valence electrons. The first-order valence-electron chi connectivity index (χ1n) is 9.46. The molecule has 0 unspecified atom stereocenters. The smallest absolute Gasteiger partial charge is 0.271 e. The quantitative estimate of drug-likeness (QED) is 0.739. The van der Waals surface area contributed by atoms with Gasteiger partial charge in [-0.25, -0.2) is 5.43 Å². The molecular formula is C22H24N2O4. The maximum Gasteiger partial charge on any atom is 0.271 e. The van der Waals surface area contributed by atoms with Gasteiger partial charge >= 0.3 is 0 Å². The third-order valence-electron chi connectivity index (χ3n) is 4.39. The summed E-state index contributed by atoms with van der Waals surface area (Å²) in [5.41, 5.74) is 4.74. The molecule has 3 rings (SSSR count). The number of nitrogens with one attached hydrogen (secondary N) is 1. The number of hydrogen-bond acceptors (Lipinski definition) is 5. The summed E-state index contributed by atoms with van der Waals surface area (Å²) in [5, 5.41) is 4.09. The Labute approximate surface area is 164 Å². The number of ketones is 1. The second-order valence-electron chi connectivity index (χ2n) is 6.58. The van der Waals surface area contributed by atoms with Crippen molar-refractivity contribution in [1.29, 1.82) is 0 Å². The van der Waals surface area contributed by atoms with E-state index in [-0.39, 0.29) is 11.7 Å². The molecule has 0 radical (unpaired) electrons. The number of hydrazone groups is 1. The van der Waals surface area contributed by atoms with Gasteiger partial charge in [-0.2, -0.15) is 5.10 Å². The Kier molecular flexibility index (Phi) is 6.78. The van der Waals surface area contributed by atoms with Crippen LogP contribution in [0.5, 0.6) is 11.5 Å². The zero-order valence-electron chi connectivity index (χ0n) is 15.9. The highest BCUT2D eigenvalue weighted by Crippen LogP contribution is 2.19. The van der Waals surface area contributed by atoms with E-state index in [9.17, 15) is 9.59 Å². The Morgan fingerprint density at radius 2 is 1.68 bits per heavy atom. The summed E-state index contributed by atoms with van der Waals surface area (Å²) in [6, 6.07) is 14.6. The Balaban J connectivity index is 1.50. The van der Waals surface area contributed by atoms with E-state index in [1.165, 1.54) is 0 Å². The van der Waals surface area contributed by atoms with Crippen LogP contribution in [0.2, 0.25) is 0 Å². The monoisotopic (exact) mass is 380 g/mol. The fourth-order valence-electron chi connectivity index (χ4n) is 2.90. The van der Waals surface area contributed by atoms with Gasteiger partial charge in [0.05, 0.1) is 6.61 Å². The minimum Gasteiger partial charge on any atom is -0.494 e. The van der Waals surface area contributed by atoms with Crippen LogP contribution in [-0.2, 0) is 11.4 Å². The van der Waals surface area contributed by atoms with Gasteiger partial charge in [0.1, 0.15) is 23.9 Å². The van der Waals surface area contributed by atoms with Crippen molar-refractivity contribution >= 4 is 17.4 Å². The third kappa shape index (κ3) is 5.67. The predicted molar refractivity (Wildman–Crippen MR) is 107 cm³/mol. The van der Waals surface area contributed by atoms with Crippen LogP contribution in [0.15, 0.2) is 53.6 Å². The van der Waals surface area contributed by atoms with E-state index in [2.05, 4.69) is 10.5 Å². The highest BCUT2D eigenvalue weighted by molar-refractivity contribution is 6.04. The first kappa shape index (κ1) is 19.6. The van der Waals surface area contributed by atoms with Crippen LogP contribution in [0.3, 0.4) is 0 Å². The lowest BCUT2D eigenvalue weighted by Gasteiger charge is -2.11. The molecule has 1 aliphatic rings. The van der Waals surface area contributed by atoms with Gasteiger partial charge in [-0.3, -0.25) is 9.59 Å². The highest BCUT2D eigenvalue weighted by atomic mass is 16.5. The average molecular weight is 380 g/mol. The molecule has 6 heteroatoms. The van der Waals surface area contributed by atoms with Crippen molar-refractivity contribution < 1.29 is 19.1 Å². The number of benzene rings is 2. The van der Waals surface area contributed by atoms with Crippen molar-refractivity contribution in [2.45, 2.75) is 39.2 Å². The standard InChI is InChI=1S/C22H24N2O4/c1-2-27-20-10-12-21(13-11-20)28-15-16-6-8-17(9-7-16)22(26)24-23-18-4-3-5-19(25)14-18/h6-13H,2-5,14-15H2,1H3,(H,24,26). The Morgan fingerprint density at radius 3 is 2.32 bits per heavy atom. The zero-order chi connectivity index (χ0) is 19.8. The summed E-state index contributed by atoms with van der Waals surface area (Å²) < 4.78 is 11.2. The number of ether oxygens (including phenoxy) is 2. The van der Waals surface area contributed by atoms with E-state index >= 15 is 0 Å². The van der Waals surface area contributed by atoms with Crippen LogP contribution < -0.4 is 14.9 Å². The van der Waals surface area contributed by atoms with Gasteiger partial charge in [-0.1, -0.05) is 12.1 Å². The molecule has 2 aromatic carbocycles. The first-order chi connectivity index (χ1) is 13.6. The number of nitrogens with zero attached hydrogens (tertiary/aromatic N) is 1. The van der Waals surface area contributed by atoms with Crippen LogP contribution >= 0.6 is 0 Å². The van der Waals surface area contributed by atoms with Crippen LogP contribution in [0.1, 0.15) is 48.5 Å². The molecule has 6 nitrogen and oxygen atoms in total. The number of amides is 1. The number of hydrogen-bond donors (Lipinski definition) is 1. The van der Waals surface area contributed by atoms with Crippen molar-refractivity contribution in [3.63, 3.8) is 0 Å². The SMILES string of the molecule is CCOc1ccc(OCc2ccc(C(=O)NN=C3CCCC(=O)C3)cc2)cc1. The molecule has 1 saturated carbocycles. The van der Waals surface area contributed by atoms with Gasteiger partial charge in [-0.15, -0.1) is 0 Å². The summed E-state index contributed by atoms with van der Waals surface area (Å²) in [5.74, 6) is 1.45. The van der Waals surface area contributed by atoms with Gasteiger partial charge in [0.2, 0.25) is 0 Å². The Bertz CT molecular complexity index is 842. The summed E-state index contributed by atoms with van der Waals surface area (Å²) in [6.45, 7) is 2.98. The molecule has 1 N–H and O–H groups in total. The van der Waals surface area contributed by atoms with Gasteiger partial charge in [-0.05, 0) is 61.7 Å². The van der Waals surface area contributed by atoms with E-state index < -0.39 is 0 Å². The van der Waals surface area contributed by atoms with E-state index in [1.54, 1.807) is 12.1 Å². The largest absolute Gasteiger partial charge is 0.494 e. The molecule has 0 heterocycles. The minimum atomic E-state index is -0.287. The van der Waals surface area contributed by atoms with Gasteiger partial charge in [0.15, 0.2) is 0 Å². The fourth-order valence-corrected chi connectivity index (χ4v) is 2.90. The van der Waals surface area contributed by atoms with E-state index in [0.29, 0.717) is 31.6 Å². The minimum absolute atomic E-state index is 0.177. The van der Waals surface area contributed by atoms with Crippen molar-refractivity contribution in [3.8, 4) is 11.5 Å². The maximum absolute atomic E-state index is 12.2. The van der Waals surface area contributed by atoms with Gasteiger partial charge in [0, 0.05) is 24.1 Å². The lowest BCUT2D eigenvalue weighted by molar-refractivity contribution is -0.118. The van der Waals surface area contributed by atoms with Crippen LogP contribution in [0, 0.1) is 0 Å². The first-order valence-corrected chi connectivity index (χ1v) is 9.46. The van der Waals surface area contributed by atoms with Crippen LogP contribution in [-0.4, -0.2) is 24.0 Å². The molecule has 0 aliphatic heterocycles. The van der Waals surface area contributed by atoms with Crippen molar-refractivity contribution in [2.75, 3.05) is 6.61 Å². The second-order valence-corrected chi connectivity index (χ2v) is 6.58. The molecule has 1 amide bonds. The predicted octanol–water partition coefficient (Wildman–Crippen LogP) is 3.89. The number of carbonyl (C=O) groups excluding carboxylic acids is 2. The number of carbonyl (C=O) groups is 2. The molecule has 1 aliphatic carbocycles. The Hall–Kier alpha value is -3.15. The summed E-state index contributed by atoms with van der Waals surface area (Å²) in [6.07, 6.45) is 2.50. The summed E-state index contributed by atoms with van der Waals surface area (Å²) in [4.78, 5) is 23.6. The third-order valence-corrected chi connectivity index (χ3v) is 4.39. The summed E-state index contributed by atoms with van der Waals surface area (Å²) in [7, 11) is 0. The van der Waals surface area contributed by atoms with Crippen molar-refractivity contribution in [1.82, 2.24) is 5.43 Å². The van der Waals surface area contributed by atoms with E-state index in [1.807, 2.05) is 43.3 Å². The molecule has 28 heavy (non-hydrogen) atoms. The fraction of sp³-hybridized carbons (Fsp3) is 0.318. The molecule has 1 fully saturated rings. The van der Waals surface area contributed by atoms with Crippen molar-refractivity contribution in [2.24, 2.45) is 5.10 Å². The van der Waals surface area contributed by atoms with E-state index in [4.69, 9.17) is 9.47 Å². The number of rotatable bonds is 7. The topological polar surface area (TPSA) is 77.0 Å². The maximum atomic E-state index is 12.2. The van der Waals surface area contributed by atoms with Crippen molar-refractivity contribution in [3.05, 3.63) is 59.7 Å². The molecule has 0 aromatic heterocycles.